The summed E-state index contributed by atoms with van der Waals surface area (Å²) in [5, 5.41) is 21.3. The van der Waals surface area contributed by atoms with Gasteiger partial charge in [-0.05, 0) is 36.4 Å². The number of pyridine rings is 1. The van der Waals surface area contributed by atoms with Crippen LogP contribution in [0.15, 0.2) is 67.0 Å². The van der Waals surface area contributed by atoms with Crippen LogP contribution in [0.3, 0.4) is 0 Å². The topological polar surface area (TPSA) is 98.8 Å². The van der Waals surface area contributed by atoms with Crippen molar-refractivity contribution in [1.29, 1.82) is 10.5 Å². The van der Waals surface area contributed by atoms with Gasteiger partial charge < -0.3 is 10.1 Å². The zero-order valence-electron chi connectivity index (χ0n) is 14.2. The second-order valence-corrected chi connectivity index (χ2v) is 5.57. The average Bonchev–Trinajstić information content (AvgIpc) is 2.73. The first-order valence-electron chi connectivity index (χ1n) is 8.07. The molecule has 3 aromatic rings. The fraction of sp³-hybridized carbons (Fsp3) is 0.0476. The molecule has 0 atom stereocenters. The van der Waals surface area contributed by atoms with E-state index in [4.69, 9.17) is 10.00 Å². The van der Waals surface area contributed by atoms with E-state index in [9.17, 15) is 10.1 Å². The fourth-order valence-corrected chi connectivity index (χ4v) is 2.44. The van der Waals surface area contributed by atoms with Crippen LogP contribution in [0.2, 0.25) is 0 Å². The number of nitriles is 2. The van der Waals surface area contributed by atoms with Gasteiger partial charge in [0.25, 0.3) is 5.91 Å². The molecule has 0 unspecified atom stereocenters. The van der Waals surface area contributed by atoms with Gasteiger partial charge in [-0.2, -0.15) is 10.5 Å². The van der Waals surface area contributed by atoms with Crippen LogP contribution in [0.25, 0.3) is 0 Å². The van der Waals surface area contributed by atoms with E-state index >= 15 is 0 Å². The van der Waals surface area contributed by atoms with E-state index in [1.54, 1.807) is 48.5 Å². The summed E-state index contributed by atoms with van der Waals surface area (Å²) in [4.78, 5) is 16.1. The Morgan fingerprint density at radius 1 is 1.00 bits per heavy atom. The summed E-state index contributed by atoms with van der Waals surface area (Å²) in [5.74, 6) is 0.0880. The summed E-state index contributed by atoms with van der Waals surface area (Å²) < 4.78 is 5.71. The lowest BCUT2D eigenvalue weighted by Crippen LogP contribution is -2.12. The molecule has 130 valence electrons. The highest BCUT2D eigenvalue weighted by atomic mass is 16.5. The van der Waals surface area contributed by atoms with Gasteiger partial charge in [0.2, 0.25) is 0 Å². The van der Waals surface area contributed by atoms with Crippen molar-refractivity contribution in [3.8, 4) is 17.9 Å². The maximum atomic E-state index is 12.2. The number of hydrogen-bond donors (Lipinski definition) is 1. The number of aromatic nitrogens is 1. The van der Waals surface area contributed by atoms with E-state index in [0.717, 1.165) is 5.56 Å². The molecule has 0 aliphatic rings. The van der Waals surface area contributed by atoms with Crippen molar-refractivity contribution in [1.82, 2.24) is 4.98 Å². The quantitative estimate of drug-likeness (QED) is 0.754. The van der Waals surface area contributed by atoms with Crippen molar-refractivity contribution in [2.24, 2.45) is 0 Å². The van der Waals surface area contributed by atoms with Crippen molar-refractivity contribution in [2.75, 3.05) is 5.32 Å². The Kier molecular flexibility index (Phi) is 5.42. The molecule has 0 saturated heterocycles. The zero-order valence-corrected chi connectivity index (χ0v) is 14.2. The van der Waals surface area contributed by atoms with Gasteiger partial charge >= 0.3 is 0 Å². The lowest BCUT2D eigenvalue weighted by molar-refractivity contribution is 0.102. The minimum absolute atomic E-state index is 0.168. The molecule has 1 heterocycles. The number of carbonyl (C=O) groups is 1. The Morgan fingerprint density at radius 3 is 2.48 bits per heavy atom. The van der Waals surface area contributed by atoms with Gasteiger partial charge in [0.15, 0.2) is 0 Å². The van der Waals surface area contributed by atoms with Crippen LogP contribution in [0.1, 0.15) is 27.0 Å². The first kappa shape index (κ1) is 17.7. The molecule has 6 nitrogen and oxygen atoms in total. The first-order valence-corrected chi connectivity index (χ1v) is 8.07. The highest BCUT2D eigenvalue weighted by Crippen LogP contribution is 2.24. The number of benzene rings is 2. The van der Waals surface area contributed by atoms with E-state index in [1.165, 1.54) is 12.4 Å². The Bertz CT molecular complexity index is 1050. The van der Waals surface area contributed by atoms with Gasteiger partial charge in [0.1, 0.15) is 18.4 Å². The molecule has 0 saturated carbocycles. The number of amides is 1. The molecule has 0 aliphatic heterocycles. The number of ether oxygens (including phenoxy) is 1. The van der Waals surface area contributed by atoms with Gasteiger partial charge in [-0.25, -0.2) is 0 Å². The van der Waals surface area contributed by atoms with Crippen molar-refractivity contribution in [3.63, 3.8) is 0 Å². The second kappa shape index (κ2) is 8.28. The third-order valence-electron chi connectivity index (χ3n) is 3.82. The molecule has 27 heavy (non-hydrogen) atoms. The predicted molar refractivity (Wildman–Crippen MR) is 98.8 cm³/mol. The minimum Gasteiger partial charge on any atom is -0.487 e. The number of nitrogens with zero attached hydrogens (tertiary/aromatic N) is 3. The smallest absolute Gasteiger partial charge is 0.255 e. The summed E-state index contributed by atoms with van der Waals surface area (Å²) in [5.41, 5.74) is 2.50. The van der Waals surface area contributed by atoms with E-state index in [2.05, 4.69) is 22.4 Å². The van der Waals surface area contributed by atoms with Crippen LogP contribution < -0.4 is 10.1 Å². The molecule has 1 aromatic heterocycles. The largest absolute Gasteiger partial charge is 0.487 e. The minimum atomic E-state index is -0.294. The lowest BCUT2D eigenvalue weighted by atomic mass is 10.1. The van der Waals surface area contributed by atoms with Crippen LogP contribution >= 0.6 is 0 Å². The van der Waals surface area contributed by atoms with Gasteiger partial charge in [-0.3, -0.25) is 9.78 Å². The zero-order chi connectivity index (χ0) is 19.1. The van der Waals surface area contributed by atoms with E-state index in [1.807, 2.05) is 6.07 Å². The molecule has 0 bridgehead atoms. The molecule has 1 N–H and O–H groups in total. The molecule has 3 rings (SSSR count). The molecule has 0 fully saturated rings. The maximum Gasteiger partial charge on any atom is 0.255 e. The first-order chi connectivity index (χ1) is 13.2. The van der Waals surface area contributed by atoms with Crippen molar-refractivity contribution in [3.05, 3.63) is 89.2 Å². The predicted octanol–water partition coefficient (Wildman–Crippen LogP) is 3.66. The Labute approximate surface area is 156 Å². The maximum absolute atomic E-state index is 12.2. The molecular weight excluding hydrogens is 340 g/mol. The van der Waals surface area contributed by atoms with Crippen LogP contribution in [0.5, 0.6) is 5.75 Å². The standard InChI is InChI=1S/C21H14N4O2/c22-12-16-3-1-2-4-17(16)14-27-20-6-5-19(11-18(20)13-23)25-21(26)15-7-9-24-10-8-15/h1-11H,14H2,(H,25,26). The molecule has 2 aromatic carbocycles. The summed E-state index contributed by atoms with van der Waals surface area (Å²) in [6, 6.07) is 19.3. The van der Waals surface area contributed by atoms with Crippen LogP contribution in [0, 0.1) is 22.7 Å². The number of hydrogen-bond acceptors (Lipinski definition) is 5. The summed E-state index contributed by atoms with van der Waals surface area (Å²) in [6.07, 6.45) is 3.07. The SMILES string of the molecule is N#Cc1ccccc1COc1ccc(NC(=O)c2ccncc2)cc1C#N. The van der Waals surface area contributed by atoms with Gasteiger partial charge in [0.05, 0.1) is 17.2 Å². The van der Waals surface area contributed by atoms with Gasteiger partial charge in [0, 0.05) is 29.2 Å². The van der Waals surface area contributed by atoms with Crippen molar-refractivity contribution in [2.45, 2.75) is 6.61 Å². The second-order valence-electron chi connectivity index (χ2n) is 5.57. The lowest BCUT2D eigenvalue weighted by Gasteiger charge is -2.11. The van der Waals surface area contributed by atoms with Crippen LogP contribution in [-0.2, 0) is 6.61 Å². The summed E-state index contributed by atoms with van der Waals surface area (Å²) in [6.45, 7) is 0.168. The third-order valence-corrected chi connectivity index (χ3v) is 3.82. The third kappa shape index (κ3) is 4.28. The number of nitrogens with one attached hydrogen (secondary N) is 1. The monoisotopic (exact) mass is 354 g/mol. The van der Waals surface area contributed by atoms with Crippen LogP contribution in [0.4, 0.5) is 5.69 Å². The average molecular weight is 354 g/mol. The molecule has 0 spiro atoms. The van der Waals surface area contributed by atoms with Crippen LogP contribution in [-0.4, -0.2) is 10.9 Å². The van der Waals surface area contributed by atoms with E-state index < -0.39 is 0 Å². The van der Waals surface area contributed by atoms with E-state index in [-0.39, 0.29) is 18.1 Å². The highest BCUT2D eigenvalue weighted by Gasteiger charge is 2.10. The number of carbonyl (C=O) groups excluding carboxylic acids is 1. The molecule has 1 amide bonds. The highest BCUT2D eigenvalue weighted by molar-refractivity contribution is 6.04. The Morgan fingerprint density at radius 2 is 1.74 bits per heavy atom. The normalized spacial score (nSPS) is 9.70. The van der Waals surface area contributed by atoms with Crippen molar-refractivity contribution < 1.29 is 9.53 Å². The Balaban J connectivity index is 1.74. The number of rotatable bonds is 5. The van der Waals surface area contributed by atoms with Crippen molar-refractivity contribution >= 4 is 11.6 Å². The Hall–Kier alpha value is -4.16. The van der Waals surface area contributed by atoms with E-state index in [0.29, 0.717) is 22.6 Å². The molecule has 0 aliphatic carbocycles. The summed E-state index contributed by atoms with van der Waals surface area (Å²) in [7, 11) is 0. The fourth-order valence-electron chi connectivity index (χ4n) is 2.44. The molecule has 0 radical (unpaired) electrons. The van der Waals surface area contributed by atoms with Gasteiger partial charge in [-0.1, -0.05) is 18.2 Å². The summed E-state index contributed by atoms with van der Waals surface area (Å²) >= 11 is 0. The molecule has 6 heteroatoms. The van der Waals surface area contributed by atoms with Gasteiger partial charge in [-0.15, -0.1) is 0 Å². The molecular formula is C21H14N4O2. The number of anilines is 1.